The van der Waals surface area contributed by atoms with E-state index in [0.29, 0.717) is 0 Å². The molecule has 6 rings (SSSR count). The van der Waals surface area contributed by atoms with Crippen LogP contribution in [-0.4, -0.2) is 33.3 Å². The van der Waals surface area contributed by atoms with Crippen LogP contribution in [0.3, 0.4) is 0 Å². The molecule has 1 fully saturated rings. The summed E-state index contributed by atoms with van der Waals surface area (Å²) in [5.41, 5.74) is 6.17. The van der Waals surface area contributed by atoms with Crippen LogP contribution in [0.15, 0.2) is 85.3 Å². The molecule has 3 aromatic heterocycles. The van der Waals surface area contributed by atoms with E-state index in [2.05, 4.69) is 75.1 Å². The maximum atomic E-state index is 6.34. The van der Waals surface area contributed by atoms with Gasteiger partial charge in [0.1, 0.15) is 0 Å². The van der Waals surface area contributed by atoms with Crippen LogP contribution in [0.5, 0.6) is 0 Å². The van der Waals surface area contributed by atoms with Crippen molar-refractivity contribution in [2.75, 3.05) is 0 Å². The van der Waals surface area contributed by atoms with E-state index in [4.69, 9.17) is 19.3 Å². The van der Waals surface area contributed by atoms with Gasteiger partial charge in [-0.2, -0.15) is 0 Å². The quantitative estimate of drug-likeness (QED) is 0.252. The van der Waals surface area contributed by atoms with Gasteiger partial charge in [0, 0.05) is 34.9 Å². The number of hydrogen-bond donors (Lipinski definition) is 0. The number of hydrogen-bond acceptors (Lipinski definition) is 5. The van der Waals surface area contributed by atoms with Gasteiger partial charge in [0.05, 0.1) is 27.9 Å². The maximum Gasteiger partial charge on any atom is 0.495 e. The highest BCUT2D eigenvalue weighted by Crippen LogP contribution is 2.37. The summed E-state index contributed by atoms with van der Waals surface area (Å²) in [6, 6.07) is 22.7. The van der Waals surface area contributed by atoms with Crippen LogP contribution in [0.4, 0.5) is 0 Å². The predicted molar refractivity (Wildman–Crippen MR) is 141 cm³/mol. The van der Waals surface area contributed by atoms with Gasteiger partial charge in [-0.25, -0.2) is 0 Å². The molecule has 2 aromatic carbocycles. The van der Waals surface area contributed by atoms with Crippen molar-refractivity contribution in [2.45, 2.75) is 38.9 Å². The lowest BCUT2D eigenvalue weighted by Crippen LogP contribution is -2.41. The summed E-state index contributed by atoms with van der Waals surface area (Å²) in [7, 11) is -0.453. The van der Waals surface area contributed by atoms with E-state index in [1.807, 2.05) is 42.9 Å². The van der Waals surface area contributed by atoms with Crippen LogP contribution in [0.1, 0.15) is 27.7 Å². The first-order chi connectivity index (χ1) is 16.8. The molecular weight excluding hydrogens is 433 g/mol. The van der Waals surface area contributed by atoms with Crippen molar-refractivity contribution in [3.8, 4) is 22.4 Å². The fraction of sp³-hybridized carbons (Fsp3) is 0.207. The molecule has 0 bridgehead atoms. The average molecular weight is 459 g/mol. The molecule has 172 valence electrons. The molecule has 0 saturated carbocycles. The number of pyridine rings is 3. The summed E-state index contributed by atoms with van der Waals surface area (Å²) >= 11 is 0. The second-order valence-electron chi connectivity index (χ2n) is 10.00. The zero-order valence-corrected chi connectivity index (χ0v) is 20.3. The highest BCUT2D eigenvalue weighted by Gasteiger charge is 2.52. The molecule has 0 radical (unpaired) electrons. The SMILES string of the molecule is CC1(C)OB(c2ccnc3c2ccc2c(-c4ccc(-c5ccccn5)cc4)ccnc23)OC1(C)C. The van der Waals surface area contributed by atoms with Gasteiger partial charge in [-0.1, -0.05) is 42.5 Å². The summed E-state index contributed by atoms with van der Waals surface area (Å²) in [6.45, 7) is 8.27. The Labute approximate surface area is 205 Å². The lowest BCUT2D eigenvalue weighted by Gasteiger charge is -2.32. The molecule has 5 nitrogen and oxygen atoms in total. The normalized spacial score (nSPS) is 16.7. The first kappa shape index (κ1) is 21.9. The van der Waals surface area contributed by atoms with Crippen LogP contribution in [-0.2, 0) is 9.31 Å². The third-order valence-corrected chi connectivity index (χ3v) is 7.32. The standard InChI is InChI=1S/C29H26BN3O2/c1-28(2)29(3,4)35-30(34-28)24-15-18-33-27-23(24)13-12-22-21(14-17-32-26(22)27)19-8-10-20(11-9-19)25-7-5-6-16-31-25/h5-18H,1-4H3. The largest absolute Gasteiger partial charge is 0.495 e. The Morgan fingerprint density at radius 3 is 1.91 bits per heavy atom. The highest BCUT2D eigenvalue weighted by molar-refractivity contribution is 6.65. The van der Waals surface area contributed by atoms with Crippen molar-refractivity contribution in [3.05, 3.63) is 85.3 Å². The van der Waals surface area contributed by atoms with Gasteiger partial charge in [-0.3, -0.25) is 15.0 Å². The first-order valence-electron chi connectivity index (χ1n) is 11.9. The molecule has 0 aliphatic carbocycles. The van der Waals surface area contributed by atoms with Crippen LogP contribution in [0.2, 0.25) is 0 Å². The monoisotopic (exact) mass is 459 g/mol. The van der Waals surface area contributed by atoms with Gasteiger partial charge >= 0.3 is 7.12 Å². The van der Waals surface area contributed by atoms with Crippen molar-refractivity contribution in [1.29, 1.82) is 0 Å². The molecule has 0 N–H and O–H groups in total. The highest BCUT2D eigenvalue weighted by atomic mass is 16.7. The Hall–Kier alpha value is -3.61. The molecule has 1 saturated heterocycles. The molecule has 4 heterocycles. The summed E-state index contributed by atoms with van der Waals surface area (Å²) in [4.78, 5) is 13.9. The molecule has 1 aliphatic heterocycles. The third kappa shape index (κ3) is 3.61. The lowest BCUT2D eigenvalue weighted by molar-refractivity contribution is 0.00578. The molecule has 5 aromatic rings. The number of rotatable bonds is 3. The Balaban J connectivity index is 1.44. The fourth-order valence-electron chi connectivity index (χ4n) is 4.63. The lowest BCUT2D eigenvalue weighted by atomic mass is 9.77. The molecule has 6 heteroatoms. The fourth-order valence-corrected chi connectivity index (χ4v) is 4.63. The Morgan fingerprint density at radius 1 is 0.600 bits per heavy atom. The third-order valence-electron chi connectivity index (χ3n) is 7.32. The van der Waals surface area contributed by atoms with Crippen LogP contribution >= 0.6 is 0 Å². The minimum atomic E-state index is -0.453. The second kappa shape index (κ2) is 7.97. The Morgan fingerprint density at radius 2 is 1.23 bits per heavy atom. The van der Waals surface area contributed by atoms with Gasteiger partial charge in [0.25, 0.3) is 0 Å². The second-order valence-corrected chi connectivity index (χ2v) is 10.00. The van der Waals surface area contributed by atoms with Gasteiger partial charge in [0.15, 0.2) is 0 Å². The number of nitrogens with zero attached hydrogens (tertiary/aromatic N) is 3. The van der Waals surface area contributed by atoms with E-state index in [1.54, 1.807) is 0 Å². The van der Waals surface area contributed by atoms with E-state index < -0.39 is 18.3 Å². The zero-order chi connectivity index (χ0) is 24.2. The first-order valence-corrected chi connectivity index (χ1v) is 11.9. The van der Waals surface area contributed by atoms with Crippen molar-refractivity contribution in [1.82, 2.24) is 15.0 Å². The molecule has 1 aliphatic rings. The van der Waals surface area contributed by atoms with Crippen LogP contribution < -0.4 is 5.46 Å². The Bertz CT molecular complexity index is 1530. The average Bonchev–Trinajstić information content (AvgIpc) is 3.10. The van der Waals surface area contributed by atoms with E-state index in [9.17, 15) is 0 Å². The van der Waals surface area contributed by atoms with Crippen LogP contribution in [0, 0.1) is 0 Å². The molecule has 0 atom stereocenters. The van der Waals surface area contributed by atoms with Gasteiger partial charge in [-0.05, 0) is 68.6 Å². The molecule has 0 spiro atoms. The number of aromatic nitrogens is 3. The van der Waals surface area contributed by atoms with Crippen molar-refractivity contribution < 1.29 is 9.31 Å². The zero-order valence-electron chi connectivity index (χ0n) is 20.3. The van der Waals surface area contributed by atoms with Crippen molar-refractivity contribution in [3.63, 3.8) is 0 Å². The summed E-state index contributed by atoms with van der Waals surface area (Å²) < 4.78 is 12.7. The molecule has 0 unspecified atom stereocenters. The van der Waals surface area contributed by atoms with Gasteiger partial charge in [0.2, 0.25) is 0 Å². The smallest absolute Gasteiger partial charge is 0.399 e. The van der Waals surface area contributed by atoms with Crippen molar-refractivity contribution in [2.24, 2.45) is 0 Å². The van der Waals surface area contributed by atoms with Crippen LogP contribution in [0.25, 0.3) is 44.2 Å². The topological polar surface area (TPSA) is 57.1 Å². The van der Waals surface area contributed by atoms with E-state index >= 15 is 0 Å². The van der Waals surface area contributed by atoms with E-state index in [1.165, 1.54) is 0 Å². The number of fused-ring (bicyclic) bond motifs is 3. The Kier molecular flexibility index (Phi) is 4.99. The summed E-state index contributed by atoms with van der Waals surface area (Å²) in [5, 5.41) is 2.05. The molecule has 35 heavy (non-hydrogen) atoms. The maximum absolute atomic E-state index is 6.34. The molecular formula is C29H26BN3O2. The summed E-state index contributed by atoms with van der Waals surface area (Å²) in [6.07, 6.45) is 5.49. The van der Waals surface area contributed by atoms with Crippen molar-refractivity contribution >= 4 is 34.4 Å². The summed E-state index contributed by atoms with van der Waals surface area (Å²) in [5.74, 6) is 0. The van der Waals surface area contributed by atoms with Gasteiger partial charge < -0.3 is 9.31 Å². The minimum Gasteiger partial charge on any atom is -0.399 e. The molecule has 0 amide bonds. The predicted octanol–water partition coefficient (Wildman–Crippen LogP) is 5.81. The van der Waals surface area contributed by atoms with E-state index in [0.717, 1.165) is 49.7 Å². The minimum absolute atomic E-state index is 0.406. The van der Waals surface area contributed by atoms with Gasteiger partial charge in [-0.15, -0.1) is 0 Å². The van der Waals surface area contributed by atoms with E-state index in [-0.39, 0.29) is 0 Å². The number of benzene rings is 2.